The van der Waals surface area contributed by atoms with Gasteiger partial charge < -0.3 is 9.88 Å². The second kappa shape index (κ2) is 6.66. The van der Waals surface area contributed by atoms with Crippen molar-refractivity contribution in [3.05, 3.63) is 65.6 Å². The fourth-order valence-corrected chi connectivity index (χ4v) is 2.88. The van der Waals surface area contributed by atoms with Crippen LogP contribution in [0.4, 0.5) is 10.1 Å². The Morgan fingerprint density at radius 3 is 2.71 bits per heavy atom. The monoisotopic (exact) mass is 324 g/mol. The van der Waals surface area contributed by atoms with Gasteiger partial charge >= 0.3 is 0 Å². The van der Waals surface area contributed by atoms with Gasteiger partial charge in [0.1, 0.15) is 12.4 Å². The van der Waals surface area contributed by atoms with E-state index in [-0.39, 0.29) is 18.1 Å². The number of carbonyl (C=O) groups excluding carboxylic acids is 2. The number of amides is 1. The normalized spacial score (nSPS) is 10.8. The Morgan fingerprint density at radius 2 is 2.00 bits per heavy atom. The molecule has 0 radical (unpaired) electrons. The van der Waals surface area contributed by atoms with Crippen LogP contribution in [-0.4, -0.2) is 16.8 Å². The summed E-state index contributed by atoms with van der Waals surface area (Å²) in [5, 5.41) is 3.39. The summed E-state index contributed by atoms with van der Waals surface area (Å²) in [5.41, 5.74) is 2.61. The Hall–Kier alpha value is -2.95. The summed E-state index contributed by atoms with van der Waals surface area (Å²) in [6, 6.07) is 11.8. The third-order valence-electron chi connectivity index (χ3n) is 3.98. The first-order chi connectivity index (χ1) is 11.6. The third-order valence-corrected chi connectivity index (χ3v) is 3.98. The zero-order valence-corrected chi connectivity index (χ0v) is 13.3. The molecule has 0 saturated heterocycles. The van der Waals surface area contributed by atoms with E-state index in [2.05, 4.69) is 5.32 Å². The van der Waals surface area contributed by atoms with Crippen molar-refractivity contribution in [1.82, 2.24) is 4.57 Å². The lowest BCUT2D eigenvalue weighted by molar-refractivity contribution is -0.116. The quantitative estimate of drug-likeness (QED) is 0.726. The number of hydrogen-bond donors (Lipinski definition) is 1. The van der Waals surface area contributed by atoms with Crippen LogP contribution in [0.5, 0.6) is 0 Å². The number of aryl methyl sites for hydroxylation is 1. The van der Waals surface area contributed by atoms with Crippen molar-refractivity contribution in [2.24, 2.45) is 0 Å². The number of nitrogens with one attached hydrogen (secondary N) is 1. The van der Waals surface area contributed by atoms with E-state index in [1.54, 1.807) is 22.9 Å². The number of hydrogen-bond acceptors (Lipinski definition) is 2. The molecule has 3 rings (SSSR count). The van der Waals surface area contributed by atoms with Gasteiger partial charge in [-0.15, -0.1) is 0 Å². The molecule has 0 saturated carbocycles. The zero-order valence-electron chi connectivity index (χ0n) is 13.3. The van der Waals surface area contributed by atoms with Crippen molar-refractivity contribution in [2.75, 3.05) is 5.32 Å². The standard InChI is InChI=1S/C19H17FN2O2/c1-2-13-6-5-7-15-14(12-23)10-22(19(13)15)11-18(24)21-17-9-4-3-8-16(17)20/h3-10,12H,2,11H2,1H3,(H,21,24). The van der Waals surface area contributed by atoms with E-state index in [0.29, 0.717) is 5.56 Å². The van der Waals surface area contributed by atoms with E-state index in [9.17, 15) is 14.0 Å². The summed E-state index contributed by atoms with van der Waals surface area (Å²) in [6.07, 6.45) is 3.24. The molecule has 1 amide bonds. The summed E-state index contributed by atoms with van der Waals surface area (Å²) in [4.78, 5) is 23.6. The topological polar surface area (TPSA) is 51.1 Å². The predicted molar refractivity (Wildman–Crippen MR) is 91.7 cm³/mol. The molecule has 0 aliphatic carbocycles. The van der Waals surface area contributed by atoms with Gasteiger partial charge in [-0.1, -0.05) is 37.3 Å². The Labute approximate surface area is 138 Å². The van der Waals surface area contributed by atoms with Gasteiger partial charge in [0.05, 0.1) is 11.2 Å². The van der Waals surface area contributed by atoms with Crippen molar-refractivity contribution in [1.29, 1.82) is 0 Å². The van der Waals surface area contributed by atoms with Crippen LogP contribution in [0.1, 0.15) is 22.8 Å². The van der Waals surface area contributed by atoms with Crippen molar-refractivity contribution in [3.63, 3.8) is 0 Å². The minimum atomic E-state index is -0.481. The van der Waals surface area contributed by atoms with Gasteiger partial charge in [-0.2, -0.15) is 0 Å². The van der Waals surface area contributed by atoms with Crippen LogP contribution >= 0.6 is 0 Å². The zero-order chi connectivity index (χ0) is 17.1. The molecule has 1 aromatic heterocycles. The second-order valence-electron chi connectivity index (χ2n) is 5.53. The minimum Gasteiger partial charge on any atom is -0.337 e. The van der Waals surface area contributed by atoms with Crippen LogP contribution in [-0.2, 0) is 17.8 Å². The molecule has 1 heterocycles. The van der Waals surface area contributed by atoms with Crippen molar-refractivity contribution >= 4 is 28.8 Å². The largest absolute Gasteiger partial charge is 0.337 e. The fourth-order valence-electron chi connectivity index (χ4n) is 2.88. The molecule has 3 aromatic rings. The van der Waals surface area contributed by atoms with Gasteiger partial charge in [-0.3, -0.25) is 9.59 Å². The summed E-state index contributed by atoms with van der Waals surface area (Å²) >= 11 is 0. The number of aldehydes is 1. The molecule has 24 heavy (non-hydrogen) atoms. The maximum Gasteiger partial charge on any atom is 0.244 e. The molecule has 122 valence electrons. The number of halogens is 1. The summed E-state index contributed by atoms with van der Waals surface area (Å²) in [6.45, 7) is 2.03. The number of anilines is 1. The maximum atomic E-state index is 13.7. The van der Waals surface area contributed by atoms with Crippen LogP contribution in [0.25, 0.3) is 10.9 Å². The number of rotatable bonds is 5. The highest BCUT2D eigenvalue weighted by Gasteiger charge is 2.14. The number of nitrogens with zero attached hydrogens (tertiary/aromatic N) is 1. The van der Waals surface area contributed by atoms with Crippen molar-refractivity contribution in [2.45, 2.75) is 19.9 Å². The van der Waals surface area contributed by atoms with Gasteiger partial charge in [0.25, 0.3) is 0 Å². The van der Waals surface area contributed by atoms with Crippen LogP contribution in [0, 0.1) is 5.82 Å². The number of carbonyl (C=O) groups is 2. The Morgan fingerprint density at radius 1 is 1.21 bits per heavy atom. The molecular formula is C19H17FN2O2. The van der Waals surface area contributed by atoms with E-state index in [1.807, 2.05) is 25.1 Å². The molecule has 0 fully saturated rings. The van der Waals surface area contributed by atoms with Crippen molar-refractivity contribution in [3.8, 4) is 0 Å². The highest BCUT2D eigenvalue weighted by atomic mass is 19.1. The Kier molecular flexibility index (Phi) is 4.42. The first-order valence-corrected chi connectivity index (χ1v) is 7.74. The lowest BCUT2D eigenvalue weighted by atomic mass is 10.1. The molecular weight excluding hydrogens is 307 g/mol. The number of fused-ring (bicyclic) bond motifs is 1. The molecule has 0 bridgehead atoms. The smallest absolute Gasteiger partial charge is 0.244 e. The van der Waals surface area contributed by atoms with Crippen LogP contribution in [0.3, 0.4) is 0 Å². The maximum absolute atomic E-state index is 13.7. The van der Waals surface area contributed by atoms with Crippen LogP contribution < -0.4 is 5.32 Å². The number of aromatic nitrogens is 1. The molecule has 1 N–H and O–H groups in total. The summed E-state index contributed by atoms with van der Waals surface area (Å²) in [7, 11) is 0. The van der Waals surface area contributed by atoms with Gasteiger partial charge in [0, 0.05) is 17.1 Å². The van der Waals surface area contributed by atoms with E-state index < -0.39 is 5.82 Å². The van der Waals surface area contributed by atoms with E-state index in [1.165, 1.54) is 12.1 Å². The SMILES string of the molecule is CCc1cccc2c(C=O)cn(CC(=O)Nc3ccccc3F)c12. The molecule has 0 aliphatic heterocycles. The fraction of sp³-hybridized carbons (Fsp3) is 0.158. The molecule has 5 heteroatoms. The lowest BCUT2D eigenvalue weighted by Crippen LogP contribution is -2.19. The van der Waals surface area contributed by atoms with Crippen LogP contribution in [0.15, 0.2) is 48.7 Å². The third kappa shape index (κ3) is 2.93. The lowest BCUT2D eigenvalue weighted by Gasteiger charge is -2.10. The number of benzene rings is 2. The highest BCUT2D eigenvalue weighted by Crippen LogP contribution is 2.24. The first kappa shape index (κ1) is 15.9. The van der Waals surface area contributed by atoms with Crippen LogP contribution in [0.2, 0.25) is 0 Å². The van der Waals surface area contributed by atoms with Gasteiger partial charge in [-0.25, -0.2) is 4.39 Å². The summed E-state index contributed by atoms with van der Waals surface area (Å²) < 4.78 is 15.4. The Bertz CT molecular complexity index is 915. The predicted octanol–water partition coefficient (Wildman–Crippen LogP) is 3.79. The number of para-hydroxylation sites is 2. The van der Waals surface area contributed by atoms with E-state index >= 15 is 0 Å². The first-order valence-electron chi connectivity index (χ1n) is 7.74. The molecule has 0 aliphatic rings. The molecule has 0 atom stereocenters. The average molecular weight is 324 g/mol. The van der Waals surface area contributed by atoms with E-state index in [0.717, 1.165) is 29.2 Å². The molecule has 4 nitrogen and oxygen atoms in total. The second-order valence-corrected chi connectivity index (χ2v) is 5.53. The minimum absolute atomic E-state index is 0.00961. The van der Waals surface area contributed by atoms with Crippen molar-refractivity contribution < 1.29 is 14.0 Å². The molecule has 2 aromatic carbocycles. The van der Waals surface area contributed by atoms with Gasteiger partial charge in [-0.05, 0) is 24.1 Å². The molecule has 0 spiro atoms. The van der Waals surface area contributed by atoms with Gasteiger partial charge in [0.15, 0.2) is 6.29 Å². The van der Waals surface area contributed by atoms with Gasteiger partial charge in [0.2, 0.25) is 5.91 Å². The molecule has 0 unspecified atom stereocenters. The van der Waals surface area contributed by atoms with E-state index in [4.69, 9.17) is 0 Å². The highest BCUT2D eigenvalue weighted by molar-refractivity contribution is 6.00. The summed E-state index contributed by atoms with van der Waals surface area (Å²) in [5.74, 6) is -0.827. The average Bonchev–Trinajstić information content (AvgIpc) is 2.95. The Balaban J connectivity index is 1.94.